The summed E-state index contributed by atoms with van der Waals surface area (Å²) in [5.41, 5.74) is 1.18. The van der Waals surface area contributed by atoms with Crippen molar-refractivity contribution in [2.75, 3.05) is 36.5 Å². The van der Waals surface area contributed by atoms with Crippen LogP contribution < -0.4 is 15.0 Å². The van der Waals surface area contributed by atoms with Crippen molar-refractivity contribution < 1.29 is 14.3 Å². The molecular weight excluding hydrogens is 416 g/mol. The molecule has 0 aliphatic carbocycles. The van der Waals surface area contributed by atoms with Crippen LogP contribution in [-0.2, 0) is 11.3 Å². The molecular formula is C18H17ClN6O3S. The zero-order chi connectivity index (χ0) is 20.1. The van der Waals surface area contributed by atoms with Crippen LogP contribution in [0.15, 0.2) is 36.7 Å². The number of halogens is 1. The van der Waals surface area contributed by atoms with Crippen LogP contribution in [0.3, 0.4) is 0 Å². The van der Waals surface area contributed by atoms with E-state index in [0.29, 0.717) is 58.7 Å². The summed E-state index contributed by atoms with van der Waals surface area (Å²) in [6.07, 6.45) is 3.22. The Bertz CT molecular complexity index is 978. The number of carbonyl (C=O) groups is 1. The van der Waals surface area contributed by atoms with Gasteiger partial charge in [0.15, 0.2) is 0 Å². The van der Waals surface area contributed by atoms with Crippen molar-refractivity contribution in [3.63, 3.8) is 0 Å². The molecule has 4 heterocycles. The highest BCUT2D eigenvalue weighted by Crippen LogP contribution is 2.25. The molecule has 29 heavy (non-hydrogen) atoms. The van der Waals surface area contributed by atoms with E-state index in [1.807, 2.05) is 4.90 Å². The van der Waals surface area contributed by atoms with E-state index < -0.39 is 0 Å². The third-order valence-electron chi connectivity index (χ3n) is 4.10. The van der Waals surface area contributed by atoms with Gasteiger partial charge in [-0.25, -0.2) is 4.98 Å². The van der Waals surface area contributed by atoms with Gasteiger partial charge in [0.25, 0.3) is 11.1 Å². The number of hydrogen-bond acceptors (Lipinski definition) is 9. The van der Waals surface area contributed by atoms with E-state index in [-0.39, 0.29) is 12.5 Å². The van der Waals surface area contributed by atoms with E-state index >= 15 is 0 Å². The van der Waals surface area contributed by atoms with Gasteiger partial charge >= 0.3 is 0 Å². The SMILES string of the molecule is O=C(Nc1nnc(OCc2ccc(Cl)cn2)s1)c1cccnc1N1CCOCC1. The molecule has 3 aromatic heterocycles. The third-order valence-corrected chi connectivity index (χ3v) is 5.08. The van der Waals surface area contributed by atoms with Gasteiger partial charge in [-0.05, 0) is 35.6 Å². The summed E-state index contributed by atoms with van der Waals surface area (Å²) in [5.74, 6) is 0.324. The van der Waals surface area contributed by atoms with E-state index in [9.17, 15) is 4.79 Å². The molecule has 1 aliphatic rings. The minimum atomic E-state index is -0.304. The molecule has 1 N–H and O–H groups in total. The number of hydrogen-bond donors (Lipinski definition) is 1. The molecule has 0 unspecified atom stereocenters. The Balaban J connectivity index is 1.40. The van der Waals surface area contributed by atoms with Crippen LogP contribution in [0.4, 0.5) is 10.9 Å². The number of ether oxygens (including phenoxy) is 2. The number of carbonyl (C=O) groups excluding carboxylic acids is 1. The highest BCUT2D eigenvalue weighted by Gasteiger charge is 2.21. The number of nitrogens with one attached hydrogen (secondary N) is 1. The number of morpholine rings is 1. The fraction of sp³-hybridized carbons (Fsp3) is 0.278. The molecule has 11 heteroatoms. The van der Waals surface area contributed by atoms with E-state index in [1.54, 1.807) is 36.7 Å². The van der Waals surface area contributed by atoms with Crippen LogP contribution in [0.5, 0.6) is 5.19 Å². The summed E-state index contributed by atoms with van der Waals surface area (Å²) in [4.78, 5) is 23.3. The summed E-state index contributed by atoms with van der Waals surface area (Å²) in [6.45, 7) is 2.82. The Morgan fingerprint density at radius 3 is 2.90 bits per heavy atom. The first-order valence-electron chi connectivity index (χ1n) is 8.85. The molecule has 0 bridgehead atoms. The Labute approximate surface area is 175 Å². The molecule has 4 rings (SSSR count). The van der Waals surface area contributed by atoms with E-state index in [0.717, 1.165) is 11.3 Å². The molecule has 0 atom stereocenters. The van der Waals surface area contributed by atoms with Crippen molar-refractivity contribution in [3.05, 3.63) is 52.9 Å². The van der Waals surface area contributed by atoms with Crippen molar-refractivity contribution in [1.29, 1.82) is 0 Å². The second-order valence-corrected chi connectivity index (χ2v) is 7.43. The minimum Gasteiger partial charge on any atom is -0.462 e. The van der Waals surface area contributed by atoms with Crippen LogP contribution >= 0.6 is 22.9 Å². The van der Waals surface area contributed by atoms with Gasteiger partial charge < -0.3 is 14.4 Å². The summed E-state index contributed by atoms with van der Waals surface area (Å²) < 4.78 is 10.9. The minimum absolute atomic E-state index is 0.226. The highest BCUT2D eigenvalue weighted by molar-refractivity contribution is 7.17. The maximum atomic E-state index is 12.8. The van der Waals surface area contributed by atoms with Crippen LogP contribution in [0.1, 0.15) is 16.1 Å². The summed E-state index contributed by atoms with van der Waals surface area (Å²) >= 11 is 6.95. The molecule has 3 aromatic rings. The maximum Gasteiger partial charge on any atom is 0.296 e. The second-order valence-electron chi connectivity index (χ2n) is 6.06. The summed E-state index contributed by atoms with van der Waals surface area (Å²) in [6, 6.07) is 6.96. The molecule has 0 spiro atoms. The first-order valence-corrected chi connectivity index (χ1v) is 10.0. The molecule has 1 saturated heterocycles. The van der Waals surface area contributed by atoms with Crippen molar-refractivity contribution >= 4 is 39.8 Å². The van der Waals surface area contributed by atoms with Gasteiger partial charge in [0.05, 0.1) is 29.5 Å². The smallest absolute Gasteiger partial charge is 0.296 e. The predicted molar refractivity (Wildman–Crippen MR) is 109 cm³/mol. The van der Waals surface area contributed by atoms with Crippen LogP contribution in [0, 0.1) is 0 Å². The van der Waals surface area contributed by atoms with Gasteiger partial charge in [0.2, 0.25) is 5.13 Å². The molecule has 0 radical (unpaired) electrons. The standard InChI is InChI=1S/C18H17ClN6O3S/c19-12-3-4-13(21-10-12)11-28-18-24-23-17(29-18)22-16(26)14-2-1-5-20-15(14)25-6-8-27-9-7-25/h1-5,10H,6-9,11H2,(H,22,23,26). The first kappa shape index (κ1) is 19.5. The zero-order valence-corrected chi connectivity index (χ0v) is 16.8. The lowest BCUT2D eigenvalue weighted by atomic mass is 10.2. The predicted octanol–water partition coefficient (Wildman–Crippen LogP) is 2.65. The lowest BCUT2D eigenvalue weighted by Gasteiger charge is -2.28. The largest absolute Gasteiger partial charge is 0.462 e. The first-order chi connectivity index (χ1) is 14.2. The van der Waals surface area contributed by atoms with Gasteiger partial charge in [-0.1, -0.05) is 16.7 Å². The van der Waals surface area contributed by atoms with Gasteiger partial charge in [-0.2, -0.15) is 0 Å². The monoisotopic (exact) mass is 432 g/mol. The Morgan fingerprint density at radius 1 is 1.24 bits per heavy atom. The van der Waals surface area contributed by atoms with Crippen molar-refractivity contribution in [3.8, 4) is 5.19 Å². The van der Waals surface area contributed by atoms with Crippen molar-refractivity contribution in [2.24, 2.45) is 0 Å². The van der Waals surface area contributed by atoms with Gasteiger partial charge in [0, 0.05) is 25.5 Å². The van der Waals surface area contributed by atoms with E-state index in [4.69, 9.17) is 21.1 Å². The van der Waals surface area contributed by atoms with Crippen molar-refractivity contribution in [1.82, 2.24) is 20.2 Å². The lowest BCUT2D eigenvalue weighted by molar-refractivity contribution is 0.102. The molecule has 0 saturated carbocycles. The lowest BCUT2D eigenvalue weighted by Crippen LogP contribution is -2.38. The third kappa shape index (κ3) is 4.97. The number of rotatable bonds is 6. The number of aromatic nitrogens is 4. The number of nitrogens with zero attached hydrogens (tertiary/aromatic N) is 5. The molecule has 1 aliphatic heterocycles. The molecule has 1 fully saturated rings. The van der Waals surface area contributed by atoms with Crippen LogP contribution in [-0.4, -0.2) is 52.4 Å². The topological polar surface area (TPSA) is 102 Å². The highest BCUT2D eigenvalue weighted by atomic mass is 35.5. The van der Waals surface area contributed by atoms with E-state index in [2.05, 4.69) is 25.5 Å². The fourth-order valence-corrected chi connectivity index (χ4v) is 3.41. The van der Waals surface area contributed by atoms with Crippen LogP contribution in [0.25, 0.3) is 0 Å². The maximum absolute atomic E-state index is 12.8. The molecule has 9 nitrogen and oxygen atoms in total. The zero-order valence-electron chi connectivity index (χ0n) is 15.2. The second kappa shape index (κ2) is 9.12. The van der Waals surface area contributed by atoms with Crippen LogP contribution in [0.2, 0.25) is 5.02 Å². The number of amides is 1. The Morgan fingerprint density at radius 2 is 2.10 bits per heavy atom. The number of pyridine rings is 2. The average molecular weight is 433 g/mol. The number of anilines is 2. The molecule has 0 aromatic carbocycles. The van der Waals surface area contributed by atoms with Gasteiger partial charge in [-0.3, -0.25) is 15.1 Å². The Hall–Kier alpha value is -2.82. The van der Waals surface area contributed by atoms with Crippen molar-refractivity contribution in [2.45, 2.75) is 6.61 Å². The van der Waals surface area contributed by atoms with E-state index in [1.165, 1.54) is 0 Å². The molecule has 1 amide bonds. The van der Waals surface area contributed by atoms with Gasteiger partial charge in [-0.15, -0.1) is 5.10 Å². The molecule has 150 valence electrons. The quantitative estimate of drug-likeness (QED) is 0.634. The fourth-order valence-electron chi connectivity index (χ4n) is 2.71. The normalized spacial score (nSPS) is 13.9. The summed E-state index contributed by atoms with van der Waals surface area (Å²) in [5, 5.41) is 11.9. The summed E-state index contributed by atoms with van der Waals surface area (Å²) in [7, 11) is 0. The Kier molecular flexibility index (Phi) is 6.13. The average Bonchev–Trinajstić information content (AvgIpc) is 3.21. The van der Waals surface area contributed by atoms with Gasteiger partial charge in [0.1, 0.15) is 12.4 Å².